The van der Waals surface area contributed by atoms with Crippen LogP contribution in [0.2, 0.25) is 0 Å². The van der Waals surface area contributed by atoms with Crippen LogP contribution in [0.15, 0.2) is 22.7 Å². The highest BCUT2D eigenvalue weighted by Gasteiger charge is 2.10. The van der Waals surface area contributed by atoms with Crippen molar-refractivity contribution in [1.82, 2.24) is 0 Å². The fourth-order valence-corrected chi connectivity index (χ4v) is 1.53. The predicted octanol–water partition coefficient (Wildman–Crippen LogP) is 1.53. The summed E-state index contributed by atoms with van der Waals surface area (Å²) in [6, 6.07) is 4.44. The summed E-state index contributed by atoms with van der Waals surface area (Å²) in [5.41, 5.74) is 0.129. The van der Waals surface area contributed by atoms with E-state index in [9.17, 15) is 9.90 Å². The lowest BCUT2D eigenvalue weighted by Crippen LogP contribution is -2.22. The average molecular weight is 305 g/mol. The summed E-state index contributed by atoms with van der Waals surface area (Å²) in [6.07, 6.45) is -0.750. The van der Waals surface area contributed by atoms with E-state index < -0.39 is 12.1 Å². The van der Waals surface area contributed by atoms with Crippen molar-refractivity contribution >= 4 is 21.9 Å². The predicted molar refractivity (Wildman–Crippen MR) is 64.5 cm³/mol. The fourth-order valence-electron chi connectivity index (χ4n) is 1.17. The SMILES string of the molecule is COCC(O)COc1cc(C(=O)O)ccc1Br. The first-order valence-electron chi connectivity index (χ1n) is 4.87. The van der Waals surface area contributed by atoms with Crippen LogP contribution < -0.4 is 4.74 Å². The lowest BCUT2D eigenvalue weighted by Gasteiger charge is -2.12. The first kappa shape index (κ1) is 14.0. The molecule has 0 aromatic heterocycles. The number of methoxy groups -OCH3 is 1. The zero-order valence-corrected chi connectivity index (χ0v) is 10.8. The van der Waals surface area contributed by atoms with Gasteiger partial charge in [0.15, 0.2) is 0 Å². The van der Waals surface area contributed by atoms with Crippen molar-refractivity contribution in [2.45, 2.75) is 6.10 Å². The van der Waals surface area contributed by atoms with E-state index in [1.807, 2.05) is 0 Å². The minimum atomic E-state index is -1.03. The molecule has 17 heavy (non-hydrogen) atoms. The molecule has 1 rings (SSSR count). The molecule has 0 radical (unpaired) electrons. The average Bonchev–Trinajstić information content (AvgIpc) is 2.28. The third-order valence-corrected chi connectivity index (χ3v) is 2.62. The summed E-state index contributed by atoms with van der Waals surface area (Å²) in [5.74, 6) is -0.653. The van der Waals surface area contributed by atoms with Crippen molar-refractivity contribution in [3.05, 3.63) is 28.2 Å². The Morgan fingerprint density at radius 3 is 2.76 bits per heavy atom. The summed E-state index contributed by atoms with van der Waals surface area (Å²) >= 11 is 3.24. The van der Waals surface area contributed by atoms with Crippen molar-refractivity contribution in [3.63, 3.8) is 0 Å². The van der Waals surface area contributed by atoms with Gasteiger partial charge in [0.05, 0.1) is 16.6 Å². The van der Waals surface area contributed by atoms with Gasteiger partial charge in [-0.15, -0.1) is 0 Å². The number of ether oxygens (including phenoxy) is 2. The molecule has 1 unspecified atom stereocenters. The van der Waals surface area contributed by atoms with Crippen LogP contribution in [0.25, 0.3) is 0 Å². The molecule has 0 amide bonds. The van der Waals surface area contributed by atoms with E-state index >= 15 is 0 Å². The number of aromatic carboxylic acids is 1. The molecule has 0 fully saturated rings. The van der Waals surface area contributed by atoms with Crippen LogP contribution in [0.1, 0.15) is 10.4 Å². The molecule has 0 heterocycles. The Bertz CT molecular complexity index is 393. The van der Waals surface area contributed by atoms with Gasteiger partial charge in [0.2, 0.25) is 0 Å². The number of halogens is 1. The van der Waals surface area contributed by atoms with Crippen LogP contribution in [0.4, 0.5) is 0 Å². The monoisotopic (exact) mass is 304 g/mol. The van der Waals surface area contributed by atoms with Gasteiger partial charge in [-0.25, -0.2) is 4.79 Å². The number of benzene rings is 1. The highest BCUT2D eigenvalue weighted by molar-refractivity contribution is 9.10. The Labute approximate surface area is 107 Å². The molecule has 0 bridgehead atoms. The number of carboxylic acid groups (broad SMARTS) is 1. The quantitative estimate of drug-likeness (QED) is 0.833. The smallest absolute Gasteiger partial charge is 0.335 e. The third kappa shape index (κ3) is 4.33. The molecule has 0 aliphatic heterocycles. The Kier molecular flexibility index (Phi) is 5.40. The molecule has 94 valence electrons. The van der Waals surface area contributed by atoms with Crippen LogP contribution in [-0.4, -0.2) is 42.6 Å². The molecule has 1 aromatic carbocycles. The van der Waals surface area contributed by atoms with Gasteiger partial charge in [0.1, 0.15) is 18.5 Å². The summed E-state index contributed by atoms with van der Waals surface area (Å²) < 4.78 is 10.7. The standard InChI is InChI=1S/C11H13BrO5/c1-16-5-8(13)6-17-10-4-7(11(14)15)2-3-9(10)12/h2-4,8,13H,5-6H2,1H3,(H,14,15). The second-order valence-electron chi connectivity index (χ2n) is 3.37. The number of rotatable bonds is 6. The third-order valence-electron chi connectivity index (χ3n) is 1.97. The first-order valence-corrected chi connectivity index (χ1v) is 5.66. The van der Waals surface area contributed by atoms with Crippen LogP contribution in [0.3, 0.4) is 0 Å². The van der Waals surface area contributed by atoms with Gasteiger partial charge in [0.25, 0.3) is 0 Å². The van der Waals surface area contributed by atoms with E-state index in [0.29, 0.717) is 10.2 Å². The van der Waals surface area contributed by atoms with Crippen molar-refractivity contribution in [1.29, 1.82) is 0 Å². The molecule has 0 aliphatic carbocycles. The number of carboxylic acids is 1. The molecule has 1 aromatic rings. The second-order valence-corrected chi connectivity index (χ2v) is 4.22. The molecule has 0 saturated carbocycles. The molecule has 1 atom stereocenters. The fraction of sp³-hybridized carbons (Fsp3) is 0.364. The number of hydrogen-bond acceptors (Lipinski definition) is 4. The van der Waals surface area contributed by atoms with Crippen molar-refractivity contribution in [2.24, 2.45) is 0 Å². The normalized spacial score (nSPS) is 12.2. The van der Waals surface area contributed by atoms with E-state index in [4.69, 9.17) is 14.6 Å². The molecule has 2 N–H and O–H groups in total. The van der Waals surface area contributed by atoms with Crippen molar-refractivity contribution in [2.75, 3.05) is 20.3 Å². The molecule has 0 aliphatic rings. The van der Waals surface area contributed by atoms with E-state index in [0.717, 1.165) is 0 Å². The largest absolute Gasteiger partial charge is 0.490 e. The number of aliphatic hydroxyl groups excluding tert-OH is 1. The summed E-state index contributed by atoms with van der Waals surface area (Å²) in [7, 11) is 1.48. The van der Waals surface area contributed by atoms with Crippen LogP contribution in [0.5, 0.6) is 5.75 Å². The molecule has 5 nitrogen and oxygen atoms in total. The number of carbonyl (C=O) groups is 1. The zero-order chi connectivity index (χ0) is 12.8. The van der Waals surface area contributed by atoms with Crippen LogP contribution >= 0.6 is 15.9 Å². The van der Waals surface area contributed by atoms with E-state index in [-0.39, 0.29) is 18.8 Å². The molecular formula is C11H13BrO5. The van der Waals surface area contributed by atoms with Gasteiger partial charge in [-0.3, -0.25) is 0 Å². The second kappa shape index (κ2) is 6.58. The topological polar surface area (TPSA) is 76.0 Å². The maximum Gasteiger partial charge on any atom is 0.335 e. The van der Waals surface area contributed by atoms with Gasteiger partial charge in [-0.05, 0) is 34.1 Å². The van der Waals surface area contributed by atoms with E-state index in [2.05, 4.69) is 15.9 Å². The summed E-state index contributed by atoms with van der Waals surface area (Å²) in [4.78, 5) is 10.8. The minimum absolute atomic E-state index is 0.0372. The van der Waals surface area contributed by atoms with Gasteiger partial charge < -0.3 is 19.7 Å². The minimum Gasteiger partial charge on any atom is -0.490 e. The van der Waals surface area contributed by atoms with E-state index in [1.54, 1.807) is 6.07 Å². The zero-order valence-electron chi connectivity index (χ0n) is 9.22. The lowest BCUT2D eigenvalue weighted by molar-refractivity contribution is 0.0323. The molecule has 0 spiro atoms. The Hall–Kier alpha value is -1.11. The molecule has 0 saturated heterocycles. The molecule has 6 heteroatoms. The first-order chi connectivity index (χ1) is 8.04. The Balaban J connectivity index is 2.69. The van der Waals surface area contributed by atoms with Crippen LogP contribution in [-0.2, 0) is 4.74 Å². The summed E-state index contributed by atoms with van der Waals surface area (Å²) in [6.45, 7) is 0.200. The van der Waals surface area contributed by atoms with Gasteiger partial charge >= 0.3 is 5.97 Å². The lowest BCUT2D eigenvalue weighted by atomic mass is 10.2. The molecular weight excluding hydrogens is 292 g/mol. The number of hydrogen-bond donors (Lipinski definition) is 2. The van der Waals surface area contributed by atoms with Crippen molar-refractivity contribution < 1.29 is 24.5 Å². The van der Waals surface area contributed by atoms with Gasteiger partial charge in [-0.2, -0.15) is 0 Å². The van der Waals surface area contributed by atoms with Crippen LogP contribution in [0, 0.1) is 0 Å². The van der Waals surface area contributed by atoms with Crippen molar-refractivity contribution in [3.8, 4) is 5.75 Å². The van der Waals surface area contributed by atoms with E-state index in [1.165, 1.54) is 19.2 Å². The summed E-state index contributed by atoms with van der Waals surface area (Å²) in [5, 5.41) is 18.2. The van der Waals surface area contributed by atoms with Gasteiger partial charge in [0, 0.05) is 7.11 Å². The maximum absolute atomic E-state index is 10.8. The highest BCUT2D eigenvalue weighted by atomic mass is 79.9. The Morgan fingerprint density at radius 1 is 1.47 bits per heavy atom. The van der Waals surface area contributed by atoms with Gasteiger partial charge in [-0.1, -0.05) is 0 Å². The Morgan fingerprint density at radius 2 is 2.18 bits per heavy atom. The number of aliphatic hydroxyl groups is 1. The maximum atomic E-state index is 10.8. The highest BCUT2D eigenvalue weighted by Crippen LogP contribution is 2.26.